The van der Waals surface area contributed by atoms with Gasteiger partial charge in [0.05, 0.1) is 24.4 Å². The molecule has 0 radical (unpaired) electrons. The Balaban J connectivity index is 1.59. The number of fused-ring (bicyclic) bond motifs is 1. The van der Waals surface area contributed by atoms with Crippen LogP contribution in [0.4, 0.5) is 11.5 Å². The summed E-state index contributed by atoms with van der Waals surface area (Å²) in [4.78, 5) is 21.9. The van der Waals surface area contributed by atoms with Crippen LogP contribution in [0.5, 0.6) is 0 Å². The summed E-state index contributed by atoms with van der Waals surface area (Å²) in [6.45, 7) is 4.54. The molecule has 2 fully saturated rings. The number of likely N-dealkylation sites (tertiary alicyclic amines) is 1. The van der Waals surface area contributed by atoms with Crippen LogP contribution in [-0.4, -0.2) is 55.2 Å². The molecule has 2 aliphatic heterocycles. The zero-order valence-electron chi connectivity index (χ0n) is 17.3. The van der Waals surface area contributed by atoms with E-state index in [1.165, 1.54) is 0 Å². The quantitative estimate of drug-likeness (QED) is 0.665. The maximum atomic E-state index is 13.2. The lowest BCUT2D eigenvalue weighted by molar-refractivity contribution is 0.0793. The third-order valence-corrected chi connectivity index (χ3v) is 6.42. The standard InChI is InChI=1S/C24H25ClN4O2/c25-19-5-3-4-18(24(30)29-8-1-2-9-29)22(19)16-6-7-20-17(14-16)15-21(23(26)27-20)28-10-12-31-13-11-28/h3-7,14-15H,1-2,8-13H2,(H2,26,27). The topological polar surface area (TPSA) is 71.7 Å². The Morgan fingerprint density at radius 3 is 2.58 bits per heavy atom. The molecule has 5 rings (SSSR count). The number of carbonyl (C=O) groups is 1. The van der Waals surface area contributed by atoms with Crippen molar-refractivity contribution < 1.29 is 9.53 Å². The molecule has 0 aliphatic carbocycles. The number of pyridine rings is 1. The molecule has 0 saturated carbocycles. The number of anilines is 2. The molecule has 6 nitrogen and oxygen atoms in total. The number of ether oxygens (including phenoxy) is 1. The van der Waals surface area contributed by atoms with E-state index in [4.69, 9.17) is 22.1 Å². The summed E-state index contributed by atoms with van der Waals surface area (Å²) in [5.74, 6) is 0.560. The number of benzene rings is 2. The van der Waals surface area contributed by atoms with E-state index < -0.39 is 0 Å². The fourth-order valence-electron chi connectivity index (χ4n) is 4.48. The Hall–Kier alpha value is -2.83. The highest BCUT2D eigenvalue weighted by Crippen LogP contribution is 2.36. The molecule has 160 valence electrons. The molecule has 2 N–H and O–H groups in total. The van der Waals surface area contributed by atoms with Crippen LogP contribution >= 0.6 is 11.6 Å². The molecular weight excluding hydrogens is 412 g/mol. The molecule has 1 aromatic heterocycles. The van der Waals surface area contributed by atoms with Crippen LogP contribution in [0, 0.1) is 0 Å². The molecule has 0 unspecified atom stereocenters. The second-order valence-corrected chi connectivity index (χ2v) is 8.47. The molecule has 7 heteroatoms. The fraction of sp³-hybridized carbons (Fsp3) is 0.333. The number of nitrogen functional groups attached to an aromatic ring is 1. The van der Waals surface area contributed by atoms with Crippen molar-refractivity contribution in [2.75, 3.05) is 50.0 Å². The molecule has 2 aromatic carbocycles. The summed E-state index contributed by atoms with van der Waals surface area (Å²) in [5.41, 5.74) is 10.3. The third-order valence-electron chi connectivity index (χ3n) is 6.10. The highest BCUT2D eigenvalue weighted by atomic mass is 35.5. The minimum Gasteiger partial charge on any atom is -0.382 e. The van der Waals surface area contributed by atoms with Gasteiger partial charge in [0.25, 0.3) is 5.91 Å². The van der Waals surface area contributed by atoms with Gasteiger partial charge in [-0.15, -0.1) is 0 Å². The summed E-state index contributed by atoms with van der Waals surface area (Å²) >= 11 is 6.62. The van der Waals surface area contributed by atoms with E-state index >= 15 is 0 Å². The van der Waals surface area contributed by atoms with E-state index in [1.54, 1.807) is 0 Å². The SMILES string of the molecule is Nc1nc2ccc(-c3c(Cl)cccc3C(=O)N3CCCC3)cc2cc1N1CCOCC1. The maximum absolute atomic E-state index is 13.2. The number of morpholine rings is 1. The molecule has 2 saturated heterocycles. The number of nitrogens with two attached hydrogens (primary N) is 1. The van der Waals surface area contributed by atoms with Crippen molar-refractivity contribution in [2.45, 2.75) is 12.8 Å². The average Bonchev–Trinajstić information content (AvgIpc) is 3.33. The highest BCUT2D eigenvalue weighted by Gasteiger charge is 2.24. The predicted octanol–water partition coefficient (Wildman–Crippen LogP) is 4.21. The molecule has 2 aliphatic rings. The number of carbonyl (C=O) groups excluding carboxylic acids is 1. The molecular formula is C24H25ClN4O2. The van der Waals surface area contributed by atoms with Crippen molar-refractivity contribution in [3.63, 3.8) is 0 Å². The van der Waals surface area contributed by atoms with E-state index in [0.29, 0.717) is 29.6 Å². The van der Waals surface area contributed by atoms with Gasteiger partial charge in [0.2, 0.25) is 0 Å². The summed E-state index contributed by atoms with van der Waals surface area (Å²) in [7, 11) is 0. The minimum absolute atomic E-state index is 0.0412. The Labute approximate surface area is 186 Å². The van der Waals surface area contributed by atoms with Gasteiger partial charge < -0.3 is 20.3 Å². The van der Waals surface area contributed by atoms with Gasteiger partial charge in [0, 0.05) is 47.7 Å². The number of aromatic nitrogens is 1. The zero-order chi connectivity index (χ0) is 21.4. The number of amides is 1. The molecule has 31 heavy (non-hydrogen) atoms. The maximum Gasteiger partial charge on any atom is 0.254 e. The van der Waals surface area contributed by atoms with Crippen LogP contribution in [0.3, 0.4) is 0 Å². The van der Waals surface area contributed by atoms with Crippen molar-refractivity contribution in [2.24, 2.45) is 0 Å². The average molecular weight is 437 g/mol. The van der Waals surface area contributed by atoms with Crippen molar-refractivity contribution in [3.05, 3.63) is 53.1 Å². The summed E-state index contributed by atoms with van der Waals surface area (Å²) < 4.78 is 5.46. The smallest absolute Gasteiger partial charge is 0.254 e. The van der Waals surface area contributed by atoms with Gasteiger partial charge in [-0.25, -0.2) is 4.98 Å². The van der Waals surface area contributed by atoms with Crippen LogP contribution in [0.25, 0.3) is 22.0 Å². The largest absolute Gasteiger partial charge is 0.382 e. The van der Waals surface area contributed by atoms with Crippen molar-refractivity contribution in [3.8, 4) is 11.1 Å². The van der Waals surface area contributed by atoms with Gasteiger partial charge in [-0.1, -0.05) is 23.7 Å². The first kappa shape index (κ1) is 20.1. The Bertz CT molecular complexity index is 1140. The Kier molecular flexibility index (Phi) is 5.42. The number of rotatable bonds is 3. The zero-order valence-corrected chi connectivity index (χ0v) is 18.1. The van der Waals surface area contributed by atoms with E-state index in [-0.39, 0.29) is 5.91 Å². The summed E-state index contributed by atoms with van der Waals surface area (Å²) in [6, 6.07) is 13.6. The molecule has 0 atom stereocenters. The molecule has 0 bridgehead atoms. The van der Waals surface area contributed by atoms with Gasteiger partial charge >= 0.3 is 0 Å². The van der Waals surface area contributed by atoms with Gasteiger partial charge in [0.1, 0.15) is 5.82 Å². The van der Waals surface area contributed by atoms with Gasteiger partial charge in [-0.2, -0.15) is 0 Å². The minimum atomic E-state index is 0.0412. The van der Waals surface area contributed by atoms with Gasteiger partial charge in [-0.05, 0) is 48.7 Å². The van der Waals surface area contributed by atoms with E-state index in [0.717, 1.165) is 66.7 Å². The first-order chi connectivity index (χ1) is 15.1. The lowest BCUT2D eigenvalue weighted by atomic mass is 9.97. The van der Waals surface area contributed by atoms with E-state index in [1.807, 2.05) is 41.3 Å². The van der Waals surface area contributed by atoms with Crippen LogP contribution in [0.1, 0.15) is 23.2 Å². The number of halogens is 1. The Morgan fingerprint density at radius 1 is 1.03 bits per heavy atom. The number of nitrogens with zero attached hydrogens (tertiary/aromatic N) is 3. The Morgan fingerprint density at radius 2 is 1.81 bits per heavy atom. The highest BCUT2D eigenvalue weighted by molar-refractivity contribution is 6.34. The van der Waals surface area contributed by atoms with Crippen molar-refractivity contribution in [1.29, 1.82) is 0 Å². The monoisotopic (exact) mass is 436 g/mol. The first-order valence-electron chi connectivity index (χ1n) is 10.7. The third kappa shape index (κ3) is 3.82. The van der Waals surface area contributed by atoms with Crippen molar-refractivity contribution >= 4 is 39.9 Å². The second kappa shape index (κ2) is 8.36. The van der Waals surface area contributed by atoms with Crippen LogP contribution in [0.15, 0.2) is 42.5 Å². The van der Waals surface area contributed by atoms with Gasteiger partial charge in [-0.3, -0.25) is 4.79 Å². The fourth-order valence-corrected chi connectivity index (χ4v) is 4.76. The van der Waals surface area contributed by atoms with Crippen molar-refractivity contribution in [1.82, 2.24) is 9.88 Å². The molecule has 1 amide bonds. The van der Waals surface area contributed by atoms with Crippen LogP contribution < -0.4 is 10.6 Å². The molecule has 0 spiro atoms. The number of hydrogen-bond acceptors (Lipinski definition) is 5. The van der Waals surface area contributed by atoms with E-state index in [2.05, 4.69) is 16.0 Å². The summed E-state index contributed by atoms with van der Waals surface area (Å²) in [5, 5.41) is 1.54. The predicted molar refractivity (Wildman–Crippen MR) is 125 cm³/mol. The molecule has 3 heterocycles. The lowest BCUT2D eigenvalue weighted by Crippen LogP contribution is -2.36. The number of hydrogen-bond donors (Lipinski definition) is 1. The molecule has 3 aromatic rings. The van der Waals surface area contributed by atoms with E-state index in [9.17, 15) is 4.79 Å². The normalized spacial score (nSPS) is 16.8. The summed E-state index contributed by atoms with van der Waals surface area (Å²) in [6.07, 6.45) is 2.10. The first-order valence-corrected chi connectivity index (χ1v) is 11.1. The van der Waals surface area contributed by atoms with Crippen LogP contribution in [0.2, 0.25) is 5.02 Å². The second-order valence-electron chi connectivity index (χ2n) is 8.06. The van der Waals surface area contributed by atoms with Gasteiger partial charge in [0.15, 0.2) is 0 Å². The van der Waals surface area contributed by atoms with Crippen LogP contribution in [-0.2, 0) is 4.74 Å². The lowest BCUT2D eigenvalue weighted by Gasteiger charge is -2.29.